The highest BCUT2D eigenvalue weighted by atomic mass is 16.5. The molecule has 0 atom stereocenters. The quantitative estimate of drug-likeness (QED) is 0.742. The van der Waals surface area contributed by atoms with Crippen molar-refractivity contribution < 1.29 is 19.4 Å². The van der Waals surface area contributed by atoms with Crippen LogP contribution in [0.1, 0.15) is 32.6 Å². The molecule has 1 fully saturated rings. The van der Waals surface area contributed by atoms with E-state index in [1.165, 1.54) is 0 Å². The van der Waals surface area contributed by atoms with Crippen LogP contribution in [0.4, 0.5) is 4.79 Å². The van der Waals surface area contributed by atoms with Crippen LogP contribution >= 0.6 is 0 Å². The summed E-state index contributed by atoms with van der Waals surface area (Å²) < 4.78 is 4.68. The standard InChI is InChI=1S/C10H17NO4/c1-2-15-9(14)11-7-10(8(12)13)5-3-4-6-10/h2-7H2,1H3,(H,11,14)(H,12,13). The van der Waals surface area contributed by atoms with Crippen LogP contribution in [0.25, 0.3) is 0 Å². The number of hydrogen-bond donors (Lipinski definition) is 2. The molecule has 1 saturated carbocycles. The van der Waals surface area contributed by atoms with Gasteiger partial charge in [-0.1, -0.05) is 12.8 Å². The van der Waals surface area contributed by atoms with Crippen molar-refractivity contribution in [3.05, 3.63) is 0 Å². The van der Waals surface area contributed by atoms with Crippen LogP contribution in [0.15, 0.2) is 0 Å². The van der Waals surface area contributed by atoms with Crippen molar-refractivity contribution in [1.29, 1.82) is 0 Å². The van der Waals surface area contributed by atoms with Crippen molar-refractivity contribution in [2.75, 3.05) is 13.2 Å². The lowest BCUT2D eigenvalue weighted by atomic mass is 9.86. The first-order valence-electron chi connectivity index (χ1n) is 5.25. The molecule has 1 rings (SSSR count). The SMILES string of the molecule is CCOC(=O)NCC1(C(=O)O)CCCC1. The molecule has 0 heterocycles. The van der Waals surface area contributed by atoms with Gasteiger partial charge >= 0.3 is 12.1 Å². The minimum Gasteiger partial charge on any atom is -0.481 e. The Morgan fingerprint density at radius 3 is 2.47 bits per heavy atom. The first-order chi connectivity index (χ1) is 7.10. The zero-order valence-electron chi connectivity index (χ0n) is 8.91. The lowest BCUT2D eigenvalue weighted by Gasteiger charge is -2.23. The molecule has 5 nitrogen and oxygen atoms in total. The monoisotopic (exact) mass is 215 g/mol. The van der Waals surface area contributed by atoms with Crippen molar-refractivity contribution in [3.8, 4) is 0 Å². The van der Waals surface area contributed by atoms with E-state index in [1.807, 2.05) is 0 Å². The van der Waals surface area contributed by atoms with Crippen LogP contribution in [0.5, 0.6) is 0 Å². The van der Waals surface area contributed by atoms with Gasteiger partial charge in [-0.2, -0.15) is 0 Å². The van der Waals surface area contributed by atoms with Gasteiger partial charge in [0.25, 0.3) is 0 Å². The second-order valence-corrected chi connectivity index (χ2v) is 3.87. The predicted octanol–water partition coefficient (Wildman–Crippen LogP) is 1.38. The molecular formula is C10H17NO4. The highest BCUT2D eigenvalue weighted by molar-refractivity contribution is 5.76. The number of alkyl carbamates (subject to hydrolysis) is 1. The Bertz CT molecular complexity index is 246. The van der Waals surface area contributed by atoms with E-state index in [1.54, 1.807) is 6.92 Å². The van der Waals surface area contributed by atoms with Gasteiger partial charge in [0.1, 0.15) is 0 Å². The molecule has 1 aliphatic rings. The number of amides is 1. The highest BCUT2D eigenvalue weighted by Gasteiger charge is 2.41. The van der Waals surface area contributed by atoms with E-state index in [0.717, 1.165) is 12.8 Å². The van der Waals surface area contributed by atoms with Gasteiger partial charge in [0.05, 0.1) is 12.0 Å². The summed E-state index contributed by atoms with van der Waals surface area (Å²) in [7, 11) is 0. The largest absolute Gasteiger partial charge is 0.481 e. The van der Waals surface area contributed by atoms with Crippen LogP contribution in [-0.4, -0.2) is 30.3 Å². The summed E-state index contributed by atoms with van der Waals surface area (Å²) >= 11 is 0. The number of carbonyl (C=O) groups is 2. The molecule has 1 amide bonds. The molecule has 15 heavy (non-hydrogen) atoms. The maximum absolute atomic E-state index is 11.1. The Morgan fingerprint density at radius 1 is 1.40 bits per heavy atom. The average molecular weight is 215 g/mol. The predicted molar refractivity (Wildman–Crippen MR) is 53.6 cm³/mol. The Labute approximate surface area is 88.8 Å². The van der Waals surface area contributed by atoms with E-state index in [9.17, 15) is 9.59 Å². The van der Waals surface area contributed by atoms with Crippen molar-refractivity contribution >= 4 is 12.1 Å². The smallest absolute Gasteiger partial charge is 0.407 e. The number of carboxylic acids is 1. The maximum atomic E-state index is 11.1. The summed E-state index contributed by atoms with van der Waals surface area (Å²) in [6, 6.07) is 0. The molecule has 1 aliphatic carbocycles. The van der Waals surface area contributed by atoms with Crippen molar-refractivity contribution in [3.63, 3.8) is 0 Å². The number of nitrogens with one attached hydrogen (secondary N) is 1. The fourth-order valence-corrected chi connectivity index (χ4v) is 1.94. The third-order valence-electron chi connectivity index (χ3n) is 2.86. The summed E-state index contributed by atoms with van der Waals surface area (Å²) in [4.78, 5) is 22.1. The van der Waals surface area contributed by atoms with Gasteiger partial charge in [-0.05, 0) is 19.8 Å². The topological polar surface area (TPSA) is 75.6 Å². The minimum absolute atomic E-state index is 0.168. The molecule has 2 N–H and O–H groups in total. The molecule has 86 valence electrons. The number of rotatable bonds is 4. The third-order valence-corrected chi connectivity index (χ3v) is 2.86. The molecule has 0 saturated heterocycles. The molecule has 0 aliphatic heterocycles. The minimum atomic E-state index is -0.822. The molecule has 0 spiro atoms. The second kappa shape index (κ2) is 5.00. The normalized spacial score (nSPS) is 18.5. The lowest BCUT2D eigenvalue weighted by Crippen LogP contribution is -2.41. The molecule has 0 aromatic carbocycles. The highest BCUT2D eigenvalue weighted by Crippen LogP contribution is 2.37. The zero-order chi connectivity index (χ0) is 11.3. The van der Waals surface area contributed by atoms with Crippen LogP contribution in [0, 0.1) is 5.41 Å². The van der Waals surface area contributed by atoms with Gasteiger partial charge in [0.15, 0.2) is 0 Å². The fourth-order valence-electron chi connectivity index (χ4n) is 1.94. The van der Waals surface area contributed by atoms with Crippen LogP contribution in [0.3, 0.4) is 0 Å². The van der Waals surface area contributed by atoms with Crippen LogP contribution in [0.2, 0.25) is 0 Å². The van der Waals surface area contributed by atoms with Gasteiger partial charge < -0.3 is 15.2 Å². The van der Waals surface area contributed by atoms with Gasteiger partial charge in [0.2, 0.25) is 0 Å². The first-order valence-corrected chi connectivity index (χ1v) is 5.25. The van der Waals surface area contributed by atoms with Crippen LogP contribution < -0.4 is 5.32 Å². The summed E-state index contributed by atoms with van der Waals surface area (Å²) in [5, 5.41) is 11.6. The summed E-state index contributed by atoms with van der Waals surface area (Å²) in [5.41, 5.74) is -0.771. The summed E-state index contributed by atoms with van der Waals surface area (Å²) in [5.74, 6) is -0.822. The van der Waals surface area contributed by atoms with Crippen molar-refractivity contribution in [2.24, 2.45) is 5.41 Å². The Balaban J connectivity index is 2.46. The van der Waals surface area contributed by atoms with Crippen molar-refractivity contribution in [1.82, 2.24) is 5.32 Å². The Kier molecular flexibility index (Phi) is 3.94. The molecule has 0 bridgehead atoms. The van der Waals surface area contributed by atoms with E-state index >= 15 is 0 Å². The van der Waals surface area contributed by atoms with E-state index < -0.39 is 17.5 Å². The van der Waals surface area contributed by atoms with Gasteiger partial charge in [-0.25, -0.2) is 4.79 Å². The Hall–Kier alpha value is -1.26. The molecule has 5 heteroatoms. The summed E-state index contributed by atoms with van der Waals surface area (Å²) in [6.45, 7) is 2.18. The van der Waals surface area contributed by atoms with Crippen LogP contribution in [-0.2, 0) is 9.53 Å². The maximum Gasteiger partial charge on any atom is 0.407 e. The number of carbonyl (C=O) groups excluding carboxylic acids is 1. The molecule has 0 aromatic rings. The van der Waals surface area contributed by atoms with Gasteiger partial charge in [-0.15, -0.1) is 0 Å². The van der Waals surface area contributed by atoms with Gasteiger partial charge in [0, 0.05) is 6.54 Å². The van der Waals surface area contributed by atoms with E-state index in [2.05, 4.69) is 10.1 Å². The average Bonchev–Trinajstić information content (AvgIpc) is 2.65. The molecule has 0 unspecified atom stereocenters. The lowest BCUT2D eigenvalue weighted by molar-refractivity contribution is -0.148. The Morgan fingerprint density at radius 2 is 2.00 bits per heavy atom. The van der Waals surface area contributed by atoms with E-state index in [-0.39, 0.29) is 6.54 Å². The number of hydrogen-bond acceptors (Lipinski definition) is 3. The number of aliphatic carboxylic acids is 1. The summed E-state index contributed by atoms with van der Waals surface area (Å²) in [6.07, 6.45) is 2.56. The van der Waals surface area contributed by atoms with E-state index in [4.69, 9.17) is 5.11 Å². The number of ether oxygens (including phenoxy) is 1. The zero-order valence-corrected chi connectivity index (χ0v) is 8.91. The van der Waals surface area contributed by atoms with Gasteiger partial charge in [-0.3, -0.25) is 4.79 Å². The molecule has 0 radical (unpaired) electrons. The first kappa shape index (κ1) is 11.8. The number of carboxylic acid groups (broad SMARTS) is 1. The molecular weight excluding hydrogens is 198 g/mol. The second-order valence-electron chi connectivity index (χ2n) is 3.87. The fraction of sp³-hybridized carbons (Fsp3) is 0.800. The third kappa shape index (κ3) is 2.84. The van der Waals surface area contributed by atoms with Crippen molar-refractivity contribution in [2.45, 2.75) is 32.6 Å². The van der Waals surface area contributed by atoms with E-state index in [0.29, 0.717) is 19.4 Å². The molecule has 0 aromatic heterocycles.